The predicted octanol–water partition coefficient (Wildman–Crippen LogP) is 2.96. The van der Waals surface area contributed by atoms with Gasteiger partial charge in [-0.3, -0.25) is 4.98 Å². The van der Waals surface area contributed by atoms with Crippen LogP contribution in [0.2, 0.25) is 0 Å². The van der Waals surface area contributed by atoms with Gasteiger partial charge in [0.05, 0.1) is 17.9 Å². The summed E-state index contributed by atoms with van der Waals surface area (Å²) >= 11 is 0. The second-order valence-electron chi connectivity index (χ2n) is 3.70. The molecule has 1 aromatic rings. The van der Waals surface area contributed by atoms with Crippen molar-refractivity contribution in [2.75, 3.05) is 0 Å². The minimum atomic E-state index is 0.0994. The van der Waals surface area contributed by atoms with Crippen molar-refractivity contribution < 1.29 is 4.74 Å². The van der Waals surface area contributed by atoms with Gasteiger partial charge in [-0.1, -0.05) is 12.7 Å². The first-order valence-corrected chi connectivity index (χ1v) is 5.03. The molecule has 2 heteroatoms. The minimum absolute atomic E-state index is 0.0994. The third-order valence-corrected chi connectivity index (χ3v) is 2.38. The van der Waals surface area contributed by atoms with Crippen LogP contribution >= 0.6 is 0 Å². The standard InChI is InChI=1S/C12H15NO/c1-3-10-6-7-13-12(8-10)9(2)14-11-4-5-11/h3,6-9,11H,1,4-5H2,2H3. The molecule has 1 fully saturated rings. The van der Waals surface area contributed by atoms with Crippen molar-refractivity contribution in [3.05, 3.63) is 36.2 Å². The smallest absolute Gasteiger partial charge is 0.0970 e. The highest BCUT2D eigenvalue weighted by molar-refractivity contribution is 5.46. The zero-order valence-corrected chi connectivity index (χ0v) is 8.44. The number of ether oxygens (including phenoxy) is 1. The molecule has 2 nitrogen and oxygen atoms in total. The van der Waals surface area contributed by atoms with Gasteiger partial charge in [-0.25, -0.2) is 0 Å². The van der Waals surface area contributed by atoms with E-state index in [-0.39, 0.29) is 6.10 Å². The molecule has 0 aliphatic heterocycles. The third-order valence-electron chi connectivity index (χ3n) is 2.38. The molecule has 1 saturated carbocycles. The van der Waals surface area contributed by atoms with Crippen LogP contribution in [0, 0.1) is 0 Å². The number of hydrogen-bond donors (Lipinski definition) is 0. The number of nitrogens with zero attached hydrogens (tertiary/aromatic N) is 1. The van der Waals surface area contributed by atoms with Crippen molar-refractivity contribution in [1.29, 1.82) is 0 Å². The van der Waals surface area contributed by atoms with Gasteiger partial charge in [0.25, 0.3) is 0 Å². The monoisotopic (exact) mass is 189 g/mol. The van der Waals surface area contributed by atoms with E-state index in [1.807, 2.05) is 25.1 Å². The molecule has 0 saturated heterocycles. The van der Waals surface area contributed by atoms with E-state index < -0.39 is 0 Å². The Balaban J connectivity index is 2.08. The fourth-order valence-corrected chi connectivity index (χ4v) is 1.38. The Morgan fingerprint density at radius 3 is 3.07 bits per heavy atom. The Morgan fingerprint density at radius 1 is 1.64 bits per heavy atom. The second-order valence-corrected chi connectivity index (χ2v) is 3.70. The molecular weight excluding hydrogens is 174 g/mol. The molecule has 1 unspecified atom stereocenters. The molecule has 0 N–H and O–H groups in total. The molecule has 2 rings (SSSR count). The lowest BCUT2D eigenvalue weighted by Gasteiger charge is -2.11. The maximum absolute atomic E-state index is 5.75. The first-order chi connectivity index (χ1) is 6.79. The quantitative estimate of drug-likeness (QED) is 0.726. The molecule has 0 bridgehead atoms. The summed E-state index contributed by atoms with van der Waals surface area (Å²) in [4.78, 5) is 4.30. The first kappa shape index (κ1) is 9.41. The van der Waals surface area contributed by atoms with Crippen LogP contribution in [0.15, 0.2) is 24.9 Å². The van der Waals surface area contributed by atoms with Crippen LogP contribution in [0.25, 0.3) is 6.08 Å². The fraction of sp³-hybridized carbons (Fsp3) is 0.417. The summed E-state index contributed by atoms with van der Waals surface area (Å²) in [7, 11) is 0. The predicted molar refractivity (Wildman–Crippen MR) is 56.9 cm³/mol. The molecule has 0 spiro atoms. The number of aromatic nitrogens is 1. The average Bonchev–Trinajstić information content (AvgIpc) is 3.02. The van der Waals surface area contributed by atoms with Crippen LogP contribution in [0.1, 0.15) is 37.1 Å². The van der Waals surface area contributed by atoms with Crippen molar-refractivity contribution in [2.24, 2.45) is 0 Å². The average molecular weight is 189 g/mol. The molecule has 1 aromatic heterocycles. The molecule has 1 heterocycles. The van der Waals surface area contributed by atoms with Crippen LogP contribution in [-0.4, -0.2) is 11.1 Å². The summed E-state index contributed by atoms with van der Waals surface area (Å²) in [6.45, 7) is 5.79. The highest BCUT2D eigenvalue weighted by Crippen LogP contribution is 2.29. The van der Waals surface area contributed by atoms with Crippen molar-refractivity contribution in [3.8, 4) is 0 Å². The van der Waals surface area contributed by atoms with E-state index in [1.54, 1.807) is 6.20 Å². The van der Waals surface area contributed by atoms with E-state index in [1.165, 1.54) is 12.8 Å². The van der Waals surface area contributed by atoms with Crippen LogP contribution in [0.4, 0.5) is 0 Å². The van der Waals surface area contributed by atoms with Gasteiger partial charge in [-0.15, -0.1) is 0 Å². The summed E-state index contributed by atoms with van der Waals surface area (Å²) in [6.07, 6.45) is 6.60. The summed E-state index contributed by atoms with van der Waals surface area (Å²) in [6, 6.07) is 3.97. The Bertz CT molecular complexity index is 331. The molecule has 0 amide bonds. The Kier molecular flexibility index (Phi) is 2.64. The first-order valence-electron chi connectivity index (χ1n) is 5.03. The van der Waals surface area contributed by atoms with Gasteiger partial charge in [0, 0.05) is 6.20 Å². The lowest BCUT2D eigenvalue weighted by atomic mass is 10.2. The van der Waals surface area contributed by atoms with E-state index in [4.69, 9.17) is 4.74 Å². The Morgan fingerprint density at radius 2 is 2.43 bits per heavy atom. The molecule has 1 atom stereocenters. The largest absolute Gasteiger partial charge is 0.369 e. The van der Waals surface area contributed by atoms with Gasteiger partial charge >= 0.3 is 0 Å². The summed E-state index contributed by atoms with van der Waals surface area (Å²) < 4.78 is 5.75. The molecule has 1 aliphatic rings. The molecule has 1 aliphatic carbocycles. The van der Waals surface area contributed by atoms with Gasteiger partial charge in [-0.05, 0) is 37.5 Å². The van der Waals surface area contributed by atoms with Gasteiger partial charge < -0.3 is 4.74 Å². The lowest BCUT2D eigenvalue weighted by Crippen LogP contribution is -2.03. The van der Waals surface area contributed by atoms with Gasteiger partial charge in [0.1, 0.15) is 0 Å². The van der Waals surface area contributed by atoms with E-state index in [0.29, 0.717) is 6.10 Å². The molecule has 14 heavy (non-hydrogen) atoms. The van der Waals surface area contributed by atoms with Crippen LogP contribution < -0.4 is 0 Å². The van der Waals surface area contributed by atoms with Crippen molar-refractivity contribution in [3.63, 3.8) is 0 Å². The van der Waals surface area contributed by atoms with Crippen molar-refractivity contribution in [1.82, 2.24) is 4.98 Å². The van der Waals surface area contributed by atoms with E-state index in [0.717, 1.165) is 11.3 Å². The lowest BCUT2D eigenvalue weighted by molar-refractivity contribution is 0.0491. The van der Waals surface area contributed by atoms with E-state index in [9.17, 15) is 0 Å². The molecule has 74 valence electrons. The van der Waals surface area contributed by atoms with Gasteiger partial charge in [0.15, 0.2) is 0 Å². The Labute approximate surface area is 84.6 Å². The van der Waals surface area contributed by atoms with Crippen LogP contribution in [0.5, 0.6) is 0 Å². The SMILES string of the molecule is C=Cc1ccnc(C(C)OC2CC2)c1. The summed E-state index contributed by atoms with van der Waals surface area (Å²) in [5.41, 5.74) is 2.09. The van der Waals surface area contributed by atoms with Crippen LogP contribution in [0.3, 0.4) is 0 Å². The summed E-state index contributed by atoms with van der Waals surface area (Å²) in [5.74, 6) is 0. The summed E-state index contributed by atoms with van der Waals surface area (Å²) in [5, 5.41) is 0. The number of rotatable bonds is 4. The highest BCUT2D eigenvalue weighted by atomic mass is 16.5. The Hall–Kier alpha value is -1.15. The minimum Gasteiger partial charge on any atom is -0.369 e. The number of hydrogen-bond acceptors (Lipinski definition) is 2. The normalized spacial score (nSPS) is 17.8. The van der Waals surface area contributed by atoms with E-state index in [2.05, 4.69) is 11.6 Å². The zero-order chi connectivity index (χ0) is 9.97. The fourth-order valence-electron chi connectivity index (χ4n) is 1.38. The molecule has 0 aromatic carbocycles. The maximum atomic E-state index is 5.75. The van der Waals surface area contributed by atoms with Crippen molar-refractivity contribution >= 4 is 6.08 Å². The van der Waals surface area contributed by atoms with Crippen LogP contribution in [-0.2, 0) is 4.74 Å². The van der Waals surface area contributed by atoms with Gasteiger partial charge in [0.2, 0.25) is 0 Å². The molecular formula is C12H15NO. The number of pyridine rings is 1. The zero-order valence-electron chi connectivity index (χ0n) is 8.44. The molecule has 0 radical (unpaired) electrons. The topological polar surface area (TPSA) is 22.1 Å². The van der Waals surface area contributed by atoms with Crippen molar-refractivity contribution in [2.45, 2.75) is 32.0 Å². The third kappa shape index (κ3) is 2.20. The van der Waals surface area contributed by atoms with E-state index >= 15 is 0 Å². The highest BCUT2D eigenvalue weighted by Gasteiger charge is 2.25. The maximum Gasteiger partial charge on any atom is 0.0970 e. The second kappa shape index (κ2) is 3.93. The van der Waals surface area contributed by atoms with Gasteiger partial charge in [-0.2, -0.15) is 0 Å².